The molecule has 0 spiro atoms. The number of methoxy groups -OCH3 is 1. The first kappa shape index (κ1) is 17.7. The van der Waals surface area contributed by atoms with Crippen LogP contribution in [0.4, 0.5) is 0 Å². The maximum atomic E-state index is 12.7. The summed E-state index contributed by atoms with van der Waals surface area (Å²) >= 11 is 0. The number of aromatic amines is 1. The van der Waals surface area contributed by atoms with E-state index in [-0.39, 0.29) is 16.9 Å². The molecule has 0 aliphatic carbocycles. The number of nitrogens with one attached hydrogen (secondary N) is 2. The van der Waals surface area contributed by atoms with Gasteiger partial charge in [-0.1, -0.05) is 13.8 Å². The van der Waals surface area contributed by atoms with Gasteiger partial charge in [-0.05, 0) is 25.1 Å². The van der Waals surface area contributed by atoms with Gasteiger partial charge in [-0.25, -0.2) is 0 Å². The molecule has 1 aromatic carbocycles. The number of hydrogen-bond acceptors (Lipinski definition) is 6. The van der Waals surface area contributed by atoms with Gasteiger partial charge in [0.1, 0.15) is 17.4 Å². The summed E-state index contributed by atoms with van der Waals surface area (Å²) in [6.45, 7) is 5.58. The van der Waals surface area contributed by atoms with Crippen molar-refractivity contribution in [3.63, 3.8) is 0 Å². The second-order valence-electron chi connectivity index (χ2n) is 6.27. The molecule has 2 aromatic heterocycles. The summed E-state index contributed by atoms with van der Waals surface area (Å²) in [4.78, 5) is 28.2. The molecule has 1 amide bonds. The van der Waals surface area contributed by atoms with Gasteiger partial charge in [0.25, 0.3) is 5.91 Å². The molecule has 3 rings (SSSR count). The quantitative estimate of drug-likeness (QED) is 0.727. The Morgan fingerprint density at radius 2 is 1.96 bits per heavy atom. The molecule has 0 fully saturated rings. The van der Waals surface area contributed by atoms with Crippen LogP contribution in [0.3, 0.4) is 0 Å². The highest BCUT2D eigenvalue weighted by Crippen LogP contribution is 2.18. The minimum absolute atomic E-state index is 0.00111. The molecule has 0 aliphatic rings. The molecule has 8 heteroatoms. The number of hydrogen-bond donors (Lipinski definition) is 2. The number of nitrogens with zero attached hydrogens (tertiary/aromatic N) is 2. The van der Waals surface area contributed by atoms with Gasteiger partial charge < -0.3 is 19.5 Å². The van der Waals surface area contributed by atoms with E-state index in [4.69, 9.17) is 9.15 Å². The zero-order valence-electron chi connectivity index (χ0n) is 15.0. The number of pyridine rings is 1. The van der Waals surface area contributed by atoms with Crippen LogP contribution >= 0.6 is 0 Å². The van der Waals surface area contributed by atoms with Crippen LogP contribution in [0.5, 0.6) is 5.75 Å². The fourth-order valence-electron chi connectivity index (χ4n) is 2.48. The number of H-pyrrole nitrogens is 1. The second kappa shape index (κ2) is 6.99. The van der Waals surface area contributed by atoms with E-state index in [2.05, 4.69) is 20.5 Å². The van der Waals surface area contributed by atoms with Crippen molar-refractivity contribution < 1.29 is 13.9 Å². The molecule has 0 saturated carbocycles. The molecule has 26 heavy (non-hydrogen) atoms. The van der Waals surface area contributed by atoms with Crippen LogP contribution in [-0.2, 0) is 0 Å². The molecule has 3 aromatic rings. The molecule has 1 atom stereocenters. The summed E-state index contributed by atoms with van der Waals surface area (Å²) < 4.78 is 10.7. The van der Waals surface area contributed by atoms with E-state index >= 15 is 0 Å². The van der Waals surface area contributed by atoms with Gasteiger partial charge in [0.15, 0.2) is 0 Å². The van der Waals surface area contributed by atoms with Gasteiger partial charge in [0, 0.05) is 23.0 Å². The Kier molecular flexibility index (Phi) is 4.75. The molecule has 0 aliphatic heterocycles. The van der Waals surface area contributed by atoms with Crippen LogP contribution in [-0.4, -0.2) is 28.2 Å². The fraction of sp³-hybridized carbons (Fsp3) is 0.333. The Bertz CT molecular complexity index is 1010. The van der Waals surface area contributed by atoms with E-state index in [0.717, 1.165) is 0 Å². The Morgan fingerprint density at radius 1 is 1.23 bits per heavy atom. The maximum absolute atomic E-state index is 12.7. The van der Waals surface area contributed by atoms with Crippen molar-refractivity contribution >= 4 is 16.8 Å². The molecule has 0 bridgehead atoms. The first-order valence-electron chi connectivity index (χ1n) is 8.24. The predicted octanol–water partition coefficient (Wildman–Crippen LogP) is 2.53. The SMILES string of the molecule is COc1ccc2[nH]cc(C(=O)N[C@H](C)c3nnc(C(C)C)o3)c(=O)c2c1. The summed E-state index contributed by atoms with van der Waals surface area (Å²) in [5, 5.41) is 11.0. The van der Waals surface area contributed by atoms with Crippen LogP contribution in [0.2, 0.25) is 0 Å². The maximum Gasteiger partial charge on any atom is 0.257 e. The van der Waals surface area contributed by atoms with Crippen molar-refractivity contribution in [2.75, 3.05) is 7.11 Å². The van der Waals surface area contributed by atoms with Gasteiger partial charge in [-0.2, -0.15) is 0 Å². The average Bonchev–Trinajstić information content (AvgIpc) is 3.12. The van der Waals surface area contributed by atoms with Crippen molar-refractivity contribution in [3.05, 3.63) is 52.0 Å². The van der Waals surface area contributed by atoms with Crippen molar-refractivity contribution in [1.29, 1.82) is 0 Å². The number of benzene rings is 1. The third-order valence-electron chi connectivity index (χ3n) is 4.00. The van der Waals surface area contributed by atoms with Gasteiger partial charge in [0.05, 0.1) is 7.11 Å². The number of carbonyl (C=O) groups is 1. The second-order valence-corrected chi connectivity index (χ2v) is 6.27. The Labute approximate surface area is 149 Å². The van der Waals surface area contributed by atoms with Gasteiger partial charge in [-0.3, -0.25) is 9.59 Å². The molecule has 8 nitrogen and oxygen atoms in total. The van der Waals surface area contributed by atoms with E-state index in [1.165, 1.54) is 13.3 Å². The van der Waals surface area contributed by atoms with Crippen molar-refractivity contribution in [3.8, 4) is 5.75 Å². The van der Waals surface area contributed by atoms with E-state index in [1.807, 2.05) is 13.8 Å². The van der Waals surface area contributed by atoms with E-state index < -0.39 is 11.9 Å². The smallest absolute Gasteiger partial charge is 0.257 e. The highest BCUT2D eigenvalue weighted by atomic mass is 16.5. The third kappa shape index (κ3) is 3.30. The van der Waals surface area contributed by atoms with E-state index in [9.17, 15) is 9.59 Å². The normalized spacial score (nSPS) is 12.3. The Morgan fingerprint density at radius 3 is 2.62 bits per heavy atom. The molecular formula is C18H20N4O4. The minimum Gasteiger partial charge on any atom is -0.497 e. The van der Waals surface area contributed by atoms with Crippen LogP contribution in [0.25, 0.3) is 10.9 Å². The molecule has 0 radical (unpaired) electrons. The van der Waals surface area contributed by atoms with Crippen LogP contribution in [0.1, 0.15) is 54.9 Å². The molecule has 2 N–H and O–H groups in total. The fourth-order valence-corrected chi connectivity index (χ4v) is 2.48. The number of rotatable bonds is 5. The lowest BCUT2D eigenvalue weighted by Crippen LogP contribution is -2.31. The number of carbonyl (C=O) groups excluding carboxylic acids is 1. The average molecular weight is 356 g/mol. The van der Waals surface area contributed by atoms with Crippen LogP contribution < -0.4 is 15.5 Å². The van der Waals surface area contributed by atoms with E-state index in [0.29, 0.717) is 28.4 Å². The number of aromatic nitrogens is 3. The minimum atomic E-state index is -0.525. The summed E-state index contributed by atoms with van der Waals surface area (Å²) in [5.41, 5.74) is 0.246. The number of fused-ring (bicyclic) bond motifs is 1. The first-order valence-corrected chi connectivity index (χ1v) is 8.24. The summed E-state index contributed by atoms with van der Waals surface area (Å²) in [7, 11) is 1.52. The molecule has 136 valence electrons. The molecule has 0 unspecified atom stereocenters. The zero-order chi connectivity index (χ0) is 18.8. The lowest BCUT2D eigenvalue weighted by molar-refractivity contribution is 0.0932. The first-order chi connectivity index (χ1) is 12.4. The van der Waals surface area contributed by atoms with Crippen LogP contribution in [0.15, 0.2) is 33.6 Å². The summed E-state index contributed by atoms with van der Waals surface area (Å²) in [6.07, 6.45) is 1.40. The zero-order valence-corrected chi connectivity index (χ0v) is 15.0. The van der Waals surface area contributed by atoms with Crippen molar-refractivity contribution in [2.45, 2.75) is 32.7 Å². The third-order valence-corrected chi connectivity index (χ3v) is 4.00. The van der Waals surface area contributed by atoms with Gasteiger partial charge >= 0.3 is 0 Å². The number of ether oxygens (including phenoxy) is 1. The van der Waals surface area contributed by atoms with Gasteiger partial charge in [-0.15, -0.1) is 10.2 Å². The Balaban J connectivity index is 1.87. The number of amides is 1. The highest BCUT2D eigenvalue weighted by molar-refractivity contribution is 5.97. The predicted molar refractivity (Wildman–Crippen MR) is 95.4 cm³/mol. The lowest BCUT2D eigenvalue weighted by atomic mass is 10.1. The van der Waals surface area contributed by atoms with Gasteiger partial charge in [0.2, 0.25) is 17.2 Å². The Hall–Kier alpha value is -3.16. The lowest BCUT2D eigenvalue weighted by Gasteiger charge is -2.10. The largest absolute Gasteiger partial charge is 0.497 e. The van der Waals surface area contributed by atoms with Crippen molar-refractivity contribution in [2.24, 2.45) is 0 Å². The molecule has 0 saturated heterocycles. The molecular weight excluding hydrogens is 336 g/mol. The summed E-state index contributed by atoms with van der Waals surface area (Å²) in [5.74, 6) is 0.906. The van der Waals surface area contributed by atoms with E-state index in [1.54, 1.807) is 25.1 Å². The van der Waals surface area contributed by atoms with Crippen molar-refractivity contribution in [1.82, 2.24) is 20.5 Å². The summed E-state index contributed by atoms with van der Waals surface area (Å²) in [6, 6.07) is 4.54. The topological polar surface area (TPSA) is 110 Å². The standard InChI is InChI=1S/C18H20N4O4/c1-9(2)17-21-22-18(26-17)10(3)20-16(24)13-8-19-14-6-5-11(25-4)7-12(14)15(13)23/h5-10H,1-4H3,(H,19,23)(H,20,24)/t10-/m1/s1. The highest BCUT2D eigenvalue weighted by Gasteiger charge is 2.20. The van der Waals surface area contributed by atoms with Crippen LogP contribution in [0, 0.1) is 0 Å². The monoisotopic (exact) mass is 356 g/mol. The molecule has 2 heterocycles.